The van der Waals surface area contributed by atoms with Crippen molar-refractivity contribution in [3.05, 3.63) is 0 Å². The highest BCUT2D eigenvalue weighted by atomic mass is 19.4. The minimum atomic E-state index is -4.60. The Morgan fingerprint density at radius 1 is 1.50 bits per heavy atom. The average molecular weight is 128 g/mol. The van der Waals surface area contributed by atoms with E-state index >= 15 is 0 Å². The van der Waals surface area contributed by atoms with E-state index in [4.69, 9.17) is 5.21 Å². The first kappa shape index (κ1) is 7.22. The Kier molecular flexibility index (Phi) is 2.26. The minimum absolute atomic E-state index is 0.139. The number of halogens is 3. The van der Waals surface area contributed by atoms with Gasteiger partial charge in [-0.15, -0.1) is 13.2 Å². The van der Waals surface area contributed by atoms with Crippen LogP contribution in [0.15, 0.2) is 4.99 Å². The van der Waals surface area contributed by atoms with Crippen LogP contribution in [0.25, 0.3) is 0 Å². The lowest BCUT2D eigenvalue weighted by Crippen LogP contribution is -2.09. The van der Waals surface area contributed by atoms with Gasteiger partial charge in [0.1, 0.15) is 6.34 Å². The summed E-state index contributed by atoms with van der Waals surface area (Å²) in [6.45, 7) is 0. The van der Waals surface area contributed by atoms with Gasteiger partial charge in [0.25, 0.3) is 0 Å². The average Bonchev–Trinajstić information content (AvgIpc) is 1.59. The zero-order chi connectivity index (χ0) is 6.62. The van der Waals surface area contributed by atoms with Crippen LogP contribution in [-0.4, -0.2) is 17.8 Å². The zero-order valence-corrected chi connectivity index (χ0v) is 3.61. The number of hydrogen-bond acceptors (Lipinski definition) is 2. The molecule has 0 aromatic rings. The van der Waals surface area contributed by atoms with Gasteiger partial charge in [-0.1, -0.05) is 0 Å². The predicted octanol–water partition coefficient (Wildman–Crippen LogP) is 0.513. The van der Waals surface area contributed by atoms with E-state index < -0.39 is 6.30 Å². The monoisotopic (exact) mass is 128 g/mol. The van der Waals surface area contributed by atoms with Crippen molar-refractivity contribution >= 4 is 6.34 Å². The Bertz CT molecular complexity index is 87.8. The summed E-state index contributed by atoms with van der Waals surface area (Å²) in [5.41, 5.74) is 1.11. The van der Waals surface area contributed by atoms with Crippen molar-refractivity contribution in [3.8, 4) is 0 Å². The number of nitrogens with zero attached hydrogens (tertiary/aromatic N) is 1. The molecule has 0 saturated heterocycles. The van der Waals surface area contributed by atoms with E-state index in [9.17, 15) is 13.2 Å². The standard InChI is InChI=1S/C2H3F3N2O/c3-2(4,5)6-1-7-8/h1,8H,(H,6,7). The fraction of sp³-hybridized carbons (Fsp3) is 0.500. The fourth-order valence-corrected chi connectivity index (χ4v) is 0.102. The molecule has 3 nitrogen and oxygen atoms in total. The number of hydrogen-bond donors (Lipinski definition) is 2. The van der Waals surface area contributed by atoms with Crippen molar-refractivity contribution < 1.29 is 18.4 Å². The maximum Gasteiger partial charge on any atom is 0.504 e. The molecule has 0 unspecified atom stereocenters. The molecule has 6 heteroatoms. The Hall–Kier alpha value is -0.780. The van der Waals surface area contributed by atoms with E-state index in [0.717, 1.165) is 5.48 Å². The Morgan fingerprint density at radius 2 is 2.00 bits per heavy atom. The van der Waals surface area contributed by atoms with Crippen LogP contribution < -0.4 is 5.48 Å². The minimum Gasteiger partial charge on any atom is -0.290 e. The number of hydroxylamine groups is 1. The molecule has 2 N–H and O–H groups in total. The molecule has 0 spiro atoms. The summed E-state index contributed by atoms with van der Waals surface area (Å²) >= 11 is 0. The van der Waals surface area contributed by atoms with Gasteiger partial charge >= 0.3 is 6.30 Å². The number of nitrogens with one attached hydrogen (secondary N) is 1. The Morgan fingerprint density at radius 3 is 2.12 bits per heavy atom. The summed E-state index contributed by atoms with van der Waals surface area (Å²) in [5, 5.41) is 7.53. The molecule has 0 atom stereocenters. The van der Waals surface area contributed by atoms with Gasteiger partial charge in [0, 0.05) is 0 Å². The molecule has 8 heavy (non-hydrogen) atoms. The molecular formula is C2H3F3N2O. The largest absolute Gasteiger partial charge is 0.504 e. The third-order valence-electron chi connectivity index (χ3n) is 0.269. The Balaban J connectivity index is 3.52. The first-order chi connectivity index (χ1) is 3.56. The van der Waals surface area contributed by atoms with E-state index in [0.29, 0.717) is 0 Å². The fourth-order valence-electron chi connectivity index (χ4n) is 0.102. The van der Waals surface area contributed by atoms with Crippen molar-refractivity contribution in [2.24, 2.45) is 4.99 Å². The smallest absolute Gasteiger partial charge is 0.290 e. The molecule has 0 rings (SSSR count). The van der Waals surface area contributed by atoms with Crippen LogP contribution in [0, 0.1) is 0 Å². The van der Waals surface area contributed by atoms with Crippen LogP contribution in [0.2, 0.25) is 0 Å². The summed E-state index contributed by atoms with van der Waals surface area (Å²) in [7, 11) is 0. The first-order valence-corrected chi connectivity index (χ1v) is 1.56. The quantitative estimate of drug-likeness (QED) is 0.234. The number of rotatable bonds is 1. The van der Waals surface area contributed by atoms with E-state index in [1.165, 1.54) is 0 Å². The summed E-state index contributed by atoms with van der Waals surface area (Å²) in [5.74, 6) is 0. The summed E-state index contributed by atoms with van der Waals surface area (Å²) < 4.78 is 32.7. The van der Waals surface area contributed by atoms with Gasteiger partial charge in [-0.2, -0.15) is 4.99 Å². The van der Waals surface area contributed by atoms with E-state index in [-0.39, 0.29) is 6.34 Å². The Labute approximate surface area is 42.8 Å². The van der Waals surface area contributed by atoms with Gasteiger partial charge in [-0.25, -0.2) is 0 Å². The van der Waals surface area contributed by atoms with Crippen LogP contribution in [0.3, 0.4) is 0 Å². The lowest BCUT2D eigenvalue weighted by atomic mass is 11.1. The lowest BCUT2D eigenvalue weighted by molar-refractivity contribution is -0.119. The van der Waals surface area contributed by atoms with Crippen molar-refractivity contribution in [2.75, 3.05) is 0 Å². The summed E-state index contributed by atoms with van der Waals surface area (Å²) in [4.78, 5) is 1.89. The highest BCUT2D eigenvalue weighted by molar-refractivity contribution is 5.52. The van der Waals surface area contributed by atoms with Crippen LogP contribution in [0.5, 0.6) is 0 Å². The van der Waals surface area contributed by atoms with E-state index in [2.05, 4.69) is 0 Å². The third kappa shape index (κ3) is 5.22. The van der Waals surface area contributed by atoms with Gasteiger partial charge in [-0.05, 0) is 0 Å². The predicted molar refractivity (Wildman–Crippen MR) is 19.5 cm³/mol. The molecule has 0 aliphatic heterocycles. The zero-order valence-electron chi connectivity index (χ0n) is 3.61. The van der Waals surface area contributed by atoms with Gasteiger partial charge < -0.3 is 0 Å². The van der Waals surface area contributed by atoms with Gasteiger partial charge in [0.15, 0.2) is 0 Å². The molecule has 0 heterocycles. The van der Waals surface area contributed by atoms with Crippen molar-refractivity contribution in [1.29, 1.82) is 0 Å². The van der Waals surface area contributed by atoms with Gasteiger partial charge in [-0.3, -0.25) is 10.7 Å². The van der Waals surface area contributed by atoms with Gasteiger partial charge in [0.2, 0.25) is 0 Å². The topological polar surface area (TPSA) is 44.6 Å². The van der Waals surface area contributed by atoms with E-state index in [1.807, 2.05) is 4.99 Å². The molecule has 0 aromatic carbocycles. The highest BCUT2D eigenvalue weighted by Crippen LogP contribution is 2.14. The summed E-state index contributed by atoms with van der Waals surface area (Å²) in [6.07, 6.45) is -4.46. The van der Waals surface area contributed by atoms with Crippen LogP contribution in [0.4, 0.5) is 13.2 Å². The molecule has 48 valence electrons. The normalized spacial score (nSPS) is 12.5. The molecule has 0 aliphatic carbocycles. The van der Waals surface area contributed by atoms with Crippen molar-refractivity contribution in [3.63, 3.8) is 0 Å². The molecule has 0 bridgehead atoms. The molecule has 0 radical (unpaired) electrons. The van der Waals surface area contributed by atoms with Crippen LogP contribution in [0.1, 0.15) is 0 Å². The van der Waals surface area contributed by atoms with Gasteiger partial charge in [0.05, 0.1) is 0 Å². The first-order valence-electron chi connectivity index (χ1n) is 1.56. The van der Waals surface area contributed by atoms with Crippen molar-refractivity contribution in [2.45, 2.75) is 6.30 Å². The molecule has 0 aromatic heterocycles. The SMILES string of the molecule is ONC=NC(F)(F)F. The third-order valence-corrected chi connectivity index (χ3v) is 0.269. The molecule has 0 saturated carbocycles. The van der Waals surface area contributed by atoms with Crippen LogP contribution >= 0.6 is 0 Å². The van der Waals surface area contributed by atoms with Crippen LogP contribution in [-0.2, 0) is 0 Å². The van der Waals surface area contributed by atoms with Crippen molar-refractivity contribution in [1.82, 2.24) is 5.48 Å². The van der Waals surface area contributed by atoms with E-state index in [1.54, 1.807) is 0 Å². The second-order valence-corrected chi connectivity index (χ2v) is 0.855. The lowest BCUT2D eigenvalue weighted by Gasteiger charge is -1.93. The molecule has 0 amide bonds. The second kappa shape index (κ2) is 2.51. The maximum atomic E-state index is 10.9. The maximum absolute atomic E-state index is 10.9. The number of alkyl halides is 3. The molecule has 0 aliphatic rings. The second-order valence-electron chi connectivity index (χ2n) is 0.855. The highest BCUT2D eigenvalue weighted by Gasteiger charge is 2.24. The molecule has 0 fully saturated rings. The number of aliphatic imine (C=N–C) groups is 1. The summed E-state index contributed by atoms with van der Waals surface area (Å²) in [6, 6.07) is 0. The molecular weight excluding hydrogens is 125 g/mol.